The van der Waals surface area contributed by atoms with Crippen molar-refractivity contribution in [2.75, 3.05) is 18.9 Å². The van der Waals surface area contributed by atoms with E-state index in [1.807, 2.05) is 24.1 Å². The van der Waals surface area contributed by atoms with Gasteiger partial charge in [0.25, 0.3) is 0 Å². The third-order valence-electron chi connectivity index (χ3n) is 2.46. The van der Waals surface area contributed by atoms with Crippen molar-refractivity contribution in [2.24, 2.45) is 0 Å². The Hall–Kier alpha value is -0.760. The Bertz CT molecular complexity index is 586. The molecule has 0 fully saturated rings. The van der Waals surface area contributed by atoms with Crippen molar-refractivity contribution in [1.82, 2.24) is 9.88 Å². The van der Waals surface area contributed by atoms with Gasteiger partial charge < -0.3 is 5.32 Å². The standard InChI is InChI=1S/C13H13Br2N3OS/c1-18(7-10-3-4-11(15)20-10)8-13(19)17-12-5-2-9(14)6-16-12/h2-6H,7-8H2,1H3,(H,16,17,19). The lowest BCUT2D eigenvalue weighted by Gasteiger charge is -2.14. The van der Waals surface area contributed by atoms with Gasteiger partial charge in [0, 0.05) is 22.1 Å². The Morgan fingerprint density at radius 3 is 2.75 bits per heavy atom. The highest BCUT2D eigenvalue weighted by atomic mass is 79.9. The van der Waals surface area contributed by atoms with Crippen molar-refractivity contribution in [3.05, 3.63) is 43.6 Å². The Labute approximate surface area is 138 Å². The van der Waals surface area contributed by atoms with Gasteiger partial charge >= 0.3 is 0 Å². The predicted octanol–water partition coefficient (Wildman–Crippen LogP) is 3.74. The summed E-state index contributed by atoms with van der Waals surface area (Å²) in [4.78, 5) is 19.2. The second-order valence-electron chi connectivity index (χ2n) is 4.29. The first-order chi connectivity index (χ1) is 9.52. The second-order valence-corrected chi connectivity index (χ2v) is 7.75. The van der Waals surface area contributed by atoms with Crippen LogP contribution >= 0.6 is 43.2 Å². The molecular weight excluding hydrogens is 406 g/mol. The van der Waals surface area contributed by atoms with Crippen LogP contribution in [-0.4, -0.2) is 29.4 Å². The Morgan fingerprint density at radius 1 is 1.35 bits per heavy atom. The summed E-state index contributed by atoms with van der Waals surface area (Å²) in [5, 5.41) is 2.77. The molecule has 0 atom stereocenters. The number of pyridine rings is 1. The maximum absolute atomic E-state index is 11.9. The van der Waals surface area contributed by atoms with Gasteiger partial charge in [-0.05, 0) is 63.2 Å². The van der Waals surface area contributed by atoms with Crippen LogP contribution in [0.3, 0.4) is 0 Å². The summed E-state index contributed by atoms with van der Waals surface area (Å²) >= 11 is 8.41. The minimum absolute atomic E-state index is 0.0713. The zero-order valence-corrected chi connectivity index (χ0v) is 14.8. The lowest BCUT2D eigenvalue weighted by atomic mass is 10.4. The number of hydrogen-bond donors (Lipinski definition) is 1. The summed E-state index contributed by atoms with van der Waals surface area (Å²) in [6.07, 6.45) is 1.66. The van der Waals surface area contributed by atoms with Crippen molar-refractivity contribution in [3.8, 4) is 0 Å². The predicted molar refractivity (Wildman–Crippen MR) is 88.9 cm³/mol. The van der Waals surface area contributed by atoms with Crippen LogP contribution in [0.2, 0.25) is 0 Å². The SMILES string of the molecule is CN(CC(=O)Nc1ccc(Br)cn1)Cc1ccc(Br)s1. The maximum Gasteiger partial charge on any atom is 0.239 e. The van der Waals surface area contributed by atoms with E-state index in [1.165, 1.54) is 4.88 Å². The summed E-state index contributed by atoms with van der Waals surface area (Å²) < 4.78 is 1.99. The van der Waals surface area contributed by atoms with E-state index in [2.05, 4.69) is 48.2 Å². The molecular formula is C13H13Br2N3OS. The number of halogens is 2. The number of aromatic nitrogens is 1. The maximum atomic E-state index is 11.9. The molecule has 7 heteroatoms. The van der Waals surface area contributed by atoms with Crippen molar-refractivity contribution in [2.45, 2.75) is 6.54 Å². The number of thiophene rings is 1. The van der Waals surface area contributed by atoms with Crippen LogP contribution in [-0.2, 0) is 11.3 Å². The van der Waals surface area contributed by atoms with Gasteiger partial charge in [-0.15, -0.1) is 11.3 Å². The number of nitrogens with one attached hydrogen (secondary N) is 1. The van der Waals surface area contributed by atoms with Crippen LogP contribution in [0, 0.1) is 0 Å². The Balaban J connectivity index is 1.83. The van der Waals surface area contributed by atoms with Crippen LogP contribution in [0.15, 0.2) is 38.7 Å². The molecule has 20 heavy (non-hydrogen) atoms. The van der Waals surface area contributed by atoms with Gasteiger partial charge in [0.1, 0.15) is 5.82 Å². The molecule has 2 aromatic heterocycles. The fourth-order valence-electron chi connectivity index (χ4n) is 1.64. The topological polar surface area (TPSA) is 45.2 Å². The minimum atomic E-state index is -0.0713. The normalized spacial score (nSPS) is 10.8. The second kappa shape index (κ2) is 7.31. The number of amides is 1. The zero-order chi connectivity index (χ0) is 14.5. The van der Waals surface area contributed by atoms with Crippen LogP contribution in [0.4, 0.5) is 5.82 Å². The van der Waals surface area contributed by atoms with Crippen molar-refractivity contribution in [3.63, 3.8) is 0 Å². The molecule has 0 aromatic carbocycles. The molecule has 0 bridgehead atoms. The number of nitrogens with zero attached hydrogens (tertiary/aromatic N) is 2. The average molecular weight is 419 g/mol. The first kappa shape index (κ1) is 15.6. The van der Waals surface area contributed by atoms with Crippen LogP contribution in [0.5, 0.6) is 0 Å². The molecule has 0 aliphatic carbocycles. The van der Waals surface area contributed by atoms with Gasteiger partial charge in [-0.1, -0.05) is 0 Å². The largest absolute Gasteiger partial charge is 0.310 e. The molecule has 0 aliphatic rings. The van der Waals surface area contributed by atoms with Gasteiger partial charge in [-0.2, -0.15) is 0 Å². The van der Waals surface area contributed by atoms with Crippen molar-refractivity contribution < 1.29 is 4.79 Å². The van der Waals surface area contributed by atoms with E-state index >= 15 is 0 Å². The monoisotopic (exact) mass is 417 g/mol. The molecule has 0 spiro atoms. The van der Waals surface area contributed by atoms with Crippen molar-refractivity contribution in [1.29, 1.82) is 0 Å². The van der Waals surface area contributed by atoms with Crippen molar-refractivity contribution >= 4 is 54.9 Å². The van der Waals surface area contributed by atoms with E-state index in [1.54, 1.807) is 23.6 Å². The van der Waals surface area contributed by atoms with E-state index in [0.717, 1.165) is 14.8 Å². The highest BCUT2D eigenvalue weighted by Gasteiger charge is 2.09. The third-order valence-corrected chi connectivity index (χ3v) is 4.54. The van der Waals surface area contributed by atoms with Crippen LogP contribution in [0.1, 0.15) is 4.88 Å². The number of rotatable bonds is 5. The summed E-state index contributed by atoms with van der Waals surface area (Å²) in [6, 6.07) is 7.67. The summed E-state index contributed by atoms with van der Waals surface area (Å²) in [5.74, 6) is 0.489. The van der Waals surface area contributed by atoms with Gasteiger partial charge in [0.2, 0.25) is 5.91 Å². The summed E-state index contributed by atoms with van der Waals surface area (Å²) in [6.45, 7) is 1.07. The molecule has 2 rings (SSSR count). The summed E-state index contributed by atoms with van der Waals surface area (Å²) in [7, 11) is 1.92. The molecule has 0 aliphatic heterocycles. The van der Waals surface area contributed by atoms with Gasteiger partial charge in [-0.3, -0.25) is 9.69 Å². The lowest BCUT2D eigenvalue weighted by Crippen LogP contribution is -2.29. The molecule has 2 heterocycles. The average Bonchev–Trinajstić information content (AvgIpc) is 2.77. The zero-order valence-electron chi connectivity index (χ0n) is 10.8. The quantitative estimate of drug-likeness (QED) is 0.804. The van der Waals surface area contributed by atoms with E-state index in [-0.39, 0.29) is 5.91 Å². The van der Waals surface area contributed by atoms with E-state index < -0.39 is 0 Å². The first-order valence-corrected chi connectivity index (χ1v) is 8.27. The number of likely N-dealkylation sites (N-methyl/N-ethyl adjacent to an activating group) is 1. The molecule has 1 N–H and O–H groups in total. The molecule has 0 radical (unpaired) electrons. The minimum Gasteiger partial charge on any atom is -0.310 e. The van der Waals surface area contributed by atoms with Gasteiger partial charge in [0.05, 0.1) is 10.3 Å². The molecule has 2 aromatic rings. The number of anilines is 1. The first-order valence-electron chi connectivity index (χ1n) is 5.87. The van der Waals surface area contributed by atoms with E-state index in [4.69, 9.17) is 0 Å². The number of carbonyl (C=O) groups is 1. The van der Waals surface area contributed by atoms with Gasteiger partial charge in [-0.25, -0.2) is 4.98 Å². The highest BCUT2D eigenvalue weighted by molar-refractivity contribution is 9.11. The fraction of sp³-hybridized carbons (Fsp3) is 0.231. The fourth-order valence-corrected chi connectivity index (χ4v) is 3.43. The molecule has 106 valence electrons. The molecule has 1 amide bonds. The van der Waals surface area contributed by atoms with Crippen LogP contribution < -0.4 is 5.32 Å². The Morgan fingerprint density at radius 2 is 2.15 bits per heavy atom. The van der Waals surface area contributed by atoms with Gasteiger partial charge in [0.15, 0.2) is 0 Å². The number of carbonyl (C=O) groups excluding carboxylic acids is 1. The lowest BCUT2D eigenvalue weighted by molar-refractivity contribution is -0.117. The molecule has 0 unspecified atom stereocenters. The number of hydrogen-bond acceptors (Lipinski definition) is 4. The highest BCUT2D eigenvalue weighted by Crippen LogP contribution is 2.22. The Kier molecular flexibility index (Phi) is 5.71. The third kappa shape index (κ3) is 4.97. The van der Waals surface area contributed by atoms with E-state index in [0.29, 0.717) is 12.4 Å². The van der Waals surface area contributed by atoms with E-state index in [9.17, 15) is 4.79 Å². The van der Waals surface area contributed by atoms with Crippen LogP contribution in [0.25, 0.3) is 0 Å². The smallest absolute Gasteiger partial charge is 0.239 e. The molecule has 4 nitrogen and oxygen atoms in total. The molecule has 0 saturated carbocycles. The summed E-state index contributed by atoms with van der Waals surface area (Å²) in [5.41, 5.74) is 0. The molecule has 0 saturated heterocycles.